The zero-order valence-corrected chi connectivity index (χ0v) is 55.3. The van der Waals surface area contributed by atoms with Crippen molar-refractivity contribution >= 4 is 94.5 Å². The van der Waals surface area contributed by atoms with Gasteiger partial charge < -0.3 is 92.5 Å². The molecule has 0 spiro atoms. The first-order valence-electron chi connectivity index (χ1n) is 32.2. The van der Waals surface area contributed by atoms with Crippen LogP contribution in [0.1, 0.15) is 121 Å². The van der Waals surface area contributed by atoms with Crippen LogP contribution in [0.5, 0.6) is 0 Å². The molecule has 2 heterocycles. The van der Waals surface area contributed by atoms with Gasteiger partial charge in [0.15, 0.2) is 5.96 Å². The highest BCUT2D eigenvalue weighted by atomic mass is 32.2. The van der Waals surface area contributed by atoms with Crippen molar-refractivity contribution in [3.63, 3.8) is 0 Å². The van der Waals surface area contributed by atoms with Crippen LogP contribution < -0.4 is 82.7 Å². The Bertz CT molecular complexity index is 2960. The van der Waals surface area contributed by atoms with Crippen LogP contribution in [0.15, 0.2) is 65.7 Å². The second-order valence-electron chi connectivity index (χ2n) is 24.1. The highest BCUT2D eigenvalue weighted by molar-refractivity contribution is 7.98. The fraction of sp³-hybridized carbons (Fsp3) is 0.587. The molecule has 31 nitrogen and oxygen atoms in total. The lowest BCUT2D eigenvalue weighted by atomic mass is 10.0. The van der Waals surface area contributed by atoms with Crippen molar-refractivity contribution in [1.82, 2.24) is 52.3 Å². The number of hydrogen-bond donors (Lipinski definition) is 15. The van der Waals surface area contributed by atoms with Gasteiger partial charge in [0.2, 0.25) is 76.8 Å². The molecule has 95 heavy (non-hydrogen) atoms. The number of primary amides is 3. The standard InChI is InChI=1S/C63H98N18O13S/c1-37(2)33-45(57(89)74-41(53(68)85)27-32-95-3)73-52(84)36-72-54(86)46(34-38-15-6-4-7-16-38)78-58(90)47(35-39-17-8-5-9-18-39)79-56(88)42(23-25-50(66)82)75-55(87)43(24-26-51(67)83)76-59(91)49-22-14-31-81(49)62(94)44(20-10-11-28-64)77-60(92)48-21-13-30-80(48)61(93)40(65)19-12-29-71-63(69)70/h4-9,15-18,37,40-49H,10-14,19-36,64-65H2,1-3H3,(H2,66,82)(H2,67,83)(H2,68,85)(H,72,86)(H,73,84)(H,74,89)(H,75,87)(H,76,91)(H,77,92)(H,78,90)(H,79,88)(H4,69,70,71)/t40-,41-,42+,43+,44+,45+,46+,47+,48+,49-/m0/s1. The van der Waals surface area contributed by atoms with Gasteiger partial charge in [-0.3, -0.25) is 67.3 Å². The third-order valence-electron chi connectivity index (χ3n) is 16.0. The Hall–Kier alpha value is -8.91. The van der Waals surface area contributed by atoms with E-state index in [-0.39, 0.29) is 83.0 Å². The fourth-order valence-corrected chi connectivity index (χ4v) is 11.5. The Morgan fingerprint density at radius 2 is 1.01 bits per heavy atom. The molecule has 2 fully saturated rings. The van der Waals surface area contributed by atoms with Crippen LogP contribution >= 0.6 is 11.8 Å². The lowest BCUT2D eigenvalue weighted by Crippen LogP contribution is -2.60. The summed E-state index contributed by atoms with van der Waals surface area (Å²) >= 11 is 1.45. The molecule has 524 valence electrons. The molecule has 22 N–H and O–H groups in total. The zero-order chi connectivity index (χ0) is 70.1. The Labute approximate surface area is 558 Å². The molecule has 2 aliphatic heterocycles. The van der Waals surface area contributed by atoms with Crippen LogP contribution in [0, 0.1) is 5.92 Å². The maximum atomic E-state index is 14.7. The summed E-state index contributed by atoms with van der Waals surface area (Å²) in [5.41, 5.74) is 40.6. The number of carbonyl (C=O) groups is 13. The number of nitrogens with one attached hydrogen (secondary N) is 8. The molecule has 0 unspecified atom stereocenters. The highest BCUT2D eigenvalue weighted by Gasteiger charge is 2.42. The van der Waals surface area contributed by atoms with Crippen LogP contribution in [0.25, 0.3) is 0 Å². The molecule has 0 radical (unpaired) electrons. The summed E-state index contributed by atoms with van der Waals surface area (Å²) in [5.74, 6) is -9.80. The normalized spacial score (nSPS) is 16.8. The Balaban J connectivity index is 1.56. The summed E-state index contributed by atoms with van der Waals surface area (Å²) < 4.78 is 0. The molecule has 32 heteroatoms. The minimum absolute atomic E-state index is 0.0736. The summed E-state index contributed by atoms with van der Waals surface area (Å²) in [6.45, 7) is 3.86. The third-order valence-corrected chi connectivity index (χ3v) is 16.7. The van der Waals surface area contributed by atoms with Crippen LogP contribution in [-0.4, -0.2) is 198 Å². The predicted molar refractivity (Wildman–Crippen MR) is 356 cm³/mol. The molecule has 2 saturated heterocycles. The second-order valence-corrected chi connectivity index (χ2v) is 25.1. The van der Waals surface area contributed by atoms with Crippen molar-refractivity contribution in [2.75, 3.05) is 44.7 Å². The smallest absolute Gasteiger partial charge is 0.245 e. The SMILES string of the molecule is CSCC[C@H](NC(=O)[C@@H](CC(C)C)NC(=O)CNC(=O)[C@@H](Cc1ccccc1)NC(=O)[C@@H](Cc1ccccc1)NC(=O)[C@@H](CCC(N)=O)NC(=O)[C@@H](CCC(N)=O)NC(=O)[C@@H]1CCCN1C(=O)[C@@H](CCCCN)NC(=O)[C@H]1CCCN1C(=O)[C@@H](N)CCCN=C(N)N)C(N)=O. The summed E-state index contributed by atoms with van der Waals surface area (Å²) in [6.07, 6.45) is 3.12. The topological polar surface area (TPSA) is 519 Å². The van der Waals surface area contributed by atoms with Crippen molar-refractivity contribution in [2.45, 2.75) is 183 Å². The molecule has 2 aromatic rings. The molecule has 0 bridgehead atoms. The van der Waals surface area contributed by atoms with Gasteiger partial charge in [-0.15, -0.1) is 0 Å². The molecule has 10 atom stereocenters. The van der Waals surface area contributed by atoms with Gasteiger partial charge >= 0.3 is 0 Å². The number of rotatable bonds is 42. The molecule has 0 aliphatic carbocycles. The summed E-state index contributed by atoms with van der Waals surface area (Å²) in [6, 6.07) is 4.51. The van der Waals surface area contributed by atoms with Crippen LogP contribution in [0.2, 0.25) is 0 Å². The molecular formula is C63H98N18O13S. The predicted octanol–water partition coefficient (Wildman–Crippen LogP) is -3.71. The molecule has 13 amide bonds. The molecule has 0 saturated carbocycles. The van der Waals surface area contributed by atoms with E-state index in [1.54, 1.807) is 60.7 Å². The maximum Gasteiger partial charge on any atom is 0.245 e. The van der Waals surface area contributed by atoms with Crippen LogP contribution in [-0.2, 0) is 75.2 Å². The van der Waals surface area contributed by atoms with Gasteiger partial charge in [-0.2, -0.15) is 11.8 Å². The number of nitrogens with two attached hydrogens (primary N) is 7. The Morgan fingerprint density at radius 3 is 1.51 bits per heavy atom. The number of likely N-dealkylation sites (tertiary alicyclic amines) is 2. The Morgan fingerprint density at radius 1 is 0.537 bits per heavy atom. The maximum absolute atomic E-state index is 14.7. The largest absolute Gasteiger partial charge is 0.370 e. The van der Waals surface area contributed by atoms with Gasteiger partial charge in [-0.25, -0.2) is 0 Å². The average molecular weight is 1350 g/mol. The van der Waals surface area contributed by atoms with E-state index in [1.165, 1.54) is 21.6 Å². The number of nitrogens with zero attached hydrogens (tertiary/aromatic N) is 3. The van der Waals surface area contributed by atoms with E-state index in [1.807, 2.05) is 20.1 Å². The van der Waals surface area contributed by atoms with E-state index in [0.29, 0.717) is 55.4 Å². The minimum atomic E-state index is -1.64. The molecular weight excluding hydrogens is 1250 g/mol. The van der Waals surface area contributed by atoms with E-state index in [9.17, 15) is 62.3 Å². The first kappa shape index (κ1) is 78.5. The van der Waals surface area contributed by atoms with E-state index < -0.39 is 169 Å². The van der Waals surface area contributed by atoms with Gasteiger partial charge in [0.05, 0.1) is 12.6 Å². The van der Waals surface area contributed by atoms with Crippen molar-refractivity contribution in [3.8, 4) is 0 Å². The van der Waals surface area contributed by atoms with Crippen molar-refractivity contribution in [1.29, 1.82) is 0 Å². The number of guanidine groups is 1. The third kappa shape index (κ3) is 27.5. The second kappa shape index (κ2) is 41.0. The van der Waals surface area contributed by atoms with Gasteiger partial charge in [0.1, 0.15) is 54.4 Å². The first-order chi connectivity index (χ1) is 45.2. The van der Waals surface area contributed by atoms with Gasteiger partial charge in [-0.05, 0) is 119 Å². The number of benzene rings is 2. The van der Waals surface area contributed by atoms with Gasteiger partial charge in [0.25, 0.3) is 0 Å². The fourth-order valence-electron chi connectivity index (χ4n) is 11.0. The lowest BCUT2D eigenvalue weighted by molar-refractivity contribution is -0.144. The number of carbonyl (C=O) groups excluding carboxylic acids is 13. The van der Waals surface area contributed by atoms with E-state index in [0.717, 1.165) is 0 Å². The Kier molecular flexibility index (Phi) is 33.9. The number of thioether (sulfide) groups is 1. The zero-order valence-electron chi connectivity index (χ0n) is 54.5. The summed E-state index contributed by atoms with van der Waals surface area (Å²) in [4.78, 5) is 185. The summed E-state index contributed by atoms with van der Waals surface area (Å²) in [5, 5.41) is 21.1. The van der Waals surface area contributed by atoms with E-state index >= 15 is 0 Å². The minimum Gasteiger partial charge on any atom is -0.370 e. The number of hydrogen-bond acceptors (Lipinski definition) is 17. The highest BCUT2D eigenvalue weighted by Crippen LogP contribution is 2.24. The number of amides is 13. The molecule has 2 aromatic carbocycles. The van der Waals surface area contributed by atoms with Gasteiger partial charge in [0, 0.05) is 45.3 Å². The quantitative estimate of drug-likeness (QED) is 0.0173. The van der Waals surface area contributed by atoms with Crippen molar-refractivity contribution in [3.05, 3.63) is 71.8 Å². The van der Waals surface area contributed by atoms with Gasteiger partial charge in [-0.1, -0.05) is 74.5 Å². The number of aliphatic imine (C=N–C) groups is 1. The van der Waals surface area contributed by atoms with Crippen LogP contribution in [0.3, 0.4) is 0 Å². The van der Waals surface area contributed by atoms with E-state index in [2.05, 4.69) is 47.5 Å². The molecule has 0 aromatic heterocycles. The van der Waals surface area contributed by atoms with Crippen molar-refractivity contribution < 1.29 is 62.3 Å². The van der Waals surface area contributed by atoms with E-state index in [4.69, 9.17) is 40.1 Å². The first-order valence-corrected chi connectivity index (χ1v) is 33.6. The number of unbranched alkanes of at least 4 members (excludes halogenated alkanes) is 1. The molecule has 2 aliphatic rings. The monoisotopic (exact) mass is 1350 g/mol. The molecule has 4 rings (SSSR count). The van der Waals surface area contributed by atoms with Crippen LogP contribution in [0.4, 0.5) is 0 Å². The van der Waals surface area contributed by atoms with Crippen molar-refractivity contribution in [2.24, 2.45) is 51.0 Å². The summed E-state index contributed by atoms with van der Waals surface area (Å²) in [7, 11) is 0. The lowest BCUT2D eigenvalue weighted by Gasteiger charge is -2.32. The average Bonchev–Trinajstić information content (AvgIpc) is 1.74.